The second kappa shape index (κ2) is 13.2. The number of nitrogens with one attached hydrogen (secondary N) is 1. The van der Waals surface area contributed by atoms with E-state index in [0.29, 0.717) is 38.9 Å². The fraction of sp³-hybridized carbons (Fsp3) is 1.00. The van der Waals surface area contributed by atoms with Crippen LogP contribution in [0.15, 0.2) is 0 Å². The van der Waals surface area contributed by atoms with Gasteiger partial charge in [-0.2, -0.15) is 0 Å². The van der Waals surface area contributed by atoms with Crippen LogP contribution in [0.5, 0.6) is 0 Å². The summed E-state index contributed by atoms with van der Waals surface area (Å²) in [6.07, 6.45) is 6.11. The van der Waals surface area contributed by atoms with Crippen LogP contribution in [0.3, 0.4) is 0 Å². The first-order valence-electron chi connectivity index (χ1n) is 10.5. The first-order chi connectivity index (χ1) is 13.2. The number of unbranched alkanes of at least 4 members (excludes halogenated alkanes) is 1. The fourth-order valence-corrected chi connectivity index (χ4v) is 6.26. The molecule has 27 heavy (non-hydrogen) atoms. The number of aliphatic hydroxyl groups excluding tert-OH is 1. The summed E-state index contributed by atoms with van der Waals surface area (Å²) in [5.74, 6) is 0.593. The van der Waals surface area contributed by atoms with Gasteiger partial charge in [-0.3, -0.25) is 0 Å². The molecular formula is C18H39N3O5Si. The molecule has 8 nitrogen and oxygen atoms in total. The van der Waals surface area contributed by atoms with E-state index in [-0.39, 0.29) is 6.10 Å². The standard InChI is InChI=1S/C18H39N3O5Si/c19-7-3-6-16(11-20)5-1-2-8-21-12-17(22)13-23-9-4-10-27-24-14-18(26-27)15-25-27/h16-18,21-22H,1-15,19-20H2. The zero-order chi connectivity index (χ0) is 19.4. The van der Waals surface area contributed by atoms with Crippen LogP contribution < -0.4 is 16.8 Å². The normalized spacial score (nSPS) is 26.6. The maximum Gasteiger partial charge on any atom is 0.501 e. The lowest BCUT2D eigenvalue weighted by atomic mass is 9.97. The van der Waals surface area contributed by atoms with Gasteiger partial charge in [0.15, 0.2) is 0 Å². The highest BCUT2D eigenvalue weighted by atomic mass is 28.4. The topological polar surface area (TPSA) is 121 Å². The van der Waals surface area contributed by atoms with Gasteiger partial charge < -0.3 is 39.9 Å². The molecule has 0 aliphatic carbocycles. The zero-order valence-corrected chi connectivity index (χ0v) is 17.6. The molecule has 0 aromatic heterocycles. The van der Waals surface area contributed by atoms with E-state index in [1.807, 2.05) is 0 Å². The lowest BCUT2D eigenvalue weighted by Crippen LogP contribution is -2.38. The molecule has 0 amide bonds. The van der Waals surface area contributed by atoms with Crippen LogP contribution in [0.25, 0.3) is 0 Å². The number of aliphatic hydroxyl groups is 1. The number of fused-ring (bicyclic) bond motifs is 2. The van der Waals surface area contributed by atoms with Gasteiger partial charge in [0, 0.05) is 19.2 Å². The van der Waals surface area contributed by atoms with E-state index in [0.717, 1.165) is 64.2 Å². The molecule has 2 atom stereocenters. The van der Waals surface area contributed by atoms with Crippen molar-refractivity contribution in [1.29, 1.82) is 0 Å². The Kier molecular flexibility index (Phi) is 11.3. The first kappa shape index (κ1) is 23.2. The number of rotatable bonds is 17. The monoisotopic (exact) mass is 405 g/mol. The van der Waals surface area contributed by atoms with Gasteiger partial charge in [0.05, 0.1) is 32.0 Å². The summed E-state index contributed by atoms with van der Waals surface area (Å²) in [6, 6.07) is 0.799. The Hall–Kier alpha value is -0.103. The van der Waals surface area contributed by atoms with Crippen molar-refractivity contribution in [2.24, 2.45) is 17.4 Å². The molecule has 9 heteroatoms. The van der Waals surface area contributed by atoms with Crippen LogP contribution in [0.1, 0.15) is 38.5 Å². The van der Waals surface area contributed by atoms with Crippen LogP contribution in [0.2, 0.25) is 6.04 Å². The third kappa shape index (κ3) is 8.84. The van der Waals surface area contributed by atoms with Gasteiger partial charge >= 0.3 is 8.80 Å². The summed E-state index contributed by atoms with van der Waals surface area (Å²) in [5.41, 5.74) is 11.3. The first-order valence-corrected chi connectivity index (χ1v) is 12.4. The Labute approximate surface area is 164 Å². The van der Waals surface area contributed by atoms with Crippen LogP contribution in [0.4, 0.5) is 0 Å². The maximum atomic E-state index is 9.96. The Morgan fingerprint density at radius 1 is 1.11 bits per heavy atom. The molecule has 6 N–H and O–H groups in total. The molecule has 2 heterocycles. The highest BCUT2D eigenvalue weighted by Gasteiger charge is 2.54. The lowest BCUT2D eigenvalue weighted by molar-refractivity contribution is 0.0362. The largest absolute Gasteiger partial charge is 0.501 e. The molecule has 0 spiro atoms. The minimum Gasteiger partial charge on any atom is -0.389 e. The third-order valence-corrected chi connectivity index (χ3v) is 8.02. The molecule has 2 bridgehead atoms. The van der Waals surface area contributed by atoms with E-state index in [1.54, 1.807) is 0 Å². The Balaban J connectivity index is 1.36. The van der Waals surface area contributed by atoms with Gasteiger partial charge in [-0.1, -0.05) is 6.42 Å². The molecule has 2 rings (SSSR count). The van der Waals surface area contributed by atoms with Crippen LogP contribution in [-0.4, -0.2) is 78.7 Å². The number of hydrogen-bond donors (Lipinski definition) is 4. The molecule has 0 radical (unpaired) electrons. The summed E-state index contributed by atoms with van der Waals surface area (Å²) in [4.78, 5) is 0. The smallest absolute Gasteiger partial charge is 0.389 e. The van der Waals surface area contributed by atoms with Crippen molar-refractivity contribution >= 4 is 8.80 Å². The predicted octanol–water partition coefficient (Wildman–Crippen LogP) is 0.212. The minimum atomic E-state index is -2.33. The second-order valence-electron chi connectivity index (χ2n) is 7.61. The van der Waals surface area contributed by atoms with Gasteiger partial charge in [0.2, 0.25) is 0 Å². The molecule has 160 valence electrons. The Morgan fingerprint density at radius 2 is 1.89 bits per heavy atom. The molecule has 2 fully saturated rings. The van der Waals surface area contributed by atoms with Gasteiger partial charge in [-0.15, -0.1) is 0 Å². The van der Waals surface area contributed by atoms with E-state index < -0.39 is 14.9 Å². The summed E-state index contributed by atoms with van der Waals surface area (Å²) < 4.78 is 22.7. The second-order valence-corrected chi connectivity index (χ2v) is 10.3. The number of ether oxygens (including phenoxy) is 1. The van der Waals surface area contributed by atoms with Crippen molar-refractivity contribution in [3.63, 3.8) is 0 Å². The van der Waals surface area contributed by atoms with Gasteiger partial charge in [0.25, 0.3) is 0 Å². The van der Waals surface area contributed by atoms with E-state index in [4.69, 9.17) is 29.5 Å². The average Bonchev–Trinajstić information content (AvgIpc) is 3.27. The average molecular weight is 406 g/mol. The van der Waals surface area contributed by atoms with Crippen molar-refractivity contribution in [2.45, 2.75) is 56.8 Å². The molecule has 2 saturated heterocycles. The molecule has 2 aliphatic heterocycles. The molecule has 2 unspecified atom stereocenters. The lowest BCUT2D eigenvalue weighted by Gasteiger charge is -2.19. The molecular weight excluding hydrogens is 366 g/mol. The van der Waals surface area contributed by atoms with Crippen molar-refractivity contribution in [2.75, 3.05) is 52.6 Å². The van der Waals surface area contributed by atoms with E-state index in [9.17, 15) is 5.11 Å². The molecule has 0 aromatic rings. The van der Waals surface area contributed by atoms with Crippen molar-refractivity contribution in [3.05, 3.63) is 0 Å². The molecule has 2 aliphatic rings. The number of hydrogen-bond acceptors (Lipinski definition) is 8. The predicted molar refractivity (Wildman–Crippen MR) is 106 cm³/mol. The summed E-state index contributed by atoms with van der Waals surface area (Å²) in [7, 11) is -2.33. The van der Waals surface area contributed by atoms with E-state index >= 15 is 0 Å². The minimum absolute atomic E-state index is 0.151. The van der Waals surface area contributed by atoms with Crippen LogP contribution >= 0.6 is 0 Å². The van der Waals surface area contributed by atoms with Crippen LogP contribution in [0, 0.1) is 5.92 Å². The van der Waals surface area contributed by atoms with Gasteiger partial charge in [-0.25, -0.2) is 0 Å². The summed E-state index contributed by atoms with van der Waals surface area (Å²) in [6.45, 7) is 5.26. The van der Waals surface area contributed by atoms with Gasteiger partial charge in [-0.05, 0) is 57.7 Å². The highest BCUT2D eigenvalue weighted by Crippen LogP contribution is 2.32. The quantitative estimate of drug-likeness (QED) is 0.200. The Morgan fingerprint density at radius 3 is 2.56 bits per heavy atom. The zero-order valence-electron chi connectivity index (χ0n) is 16.6. The number of nitrogens with two attached hydrogens (primary N) is 2. The Bertz CT molecular complexity index is 386. The van der Waals surface area contributed by atoms with Crippen LogP contribution in [-0.2, 0) is 18.0 Å². The van der Waals surface area contributed by atoms with E-state index in [2.05, 4.69) is 5.32 Å². The molecule has 0 aromatic carbocycles. The van der Waals surface area contributed by atoms with Gasteiger partial charge in [0.1, 0.15) is 0 Å². The maximum absolute atomic E-state index is 9.96. The highest BCUT2D eigenvalue weighted by molar-refractivity contribution is 6.61. The van der Waals surface area contributed by atoms with Crippen molar-refractivity contribution in [3.8, 4) is 0 Å². The summed E-state index contributed by atoms with van der Waals surface area (Å²) in [5, 5.41) is 13.3. The fourth-order valence-electron chi connectivity index (χ4n) is 3.53. The SMILES string of the molecule is NCCCC(CN)CCCCNCC(O)COCCC[Si]12OCC(CO1)O2. The van der Waals surface area contributed by atoms with Crippen molar-refractivity contribution < 1.29 is 23.1 Å². The molecule has 0 saturated carbocycles. The van der Waals surface area contributed by atoms with Crippen molar-refractivity contribution in [1.82, 2.24) is 5.32 Å². The van der Waals surface area contributed by atoms with E-state index in [1.165, 1.54) is 0 Å². The summed E-state index contributed by atoms with van der Waals surface area (Å²) >= 11 is 0. The third-order valence-electron chi connectivity index (χ3n) is 5.15.